The number of rotatable bonds is 8. The molecule has 0 bridgehead atoms. The van der Waals surface area contributed by atoms with Crippen LogP contribution in [0, 0.1) is 0 Å². The highest BCUT2D eigenvalue weighted by molar-refractivity contribution is 7.80. The fourth-order valence-corrected chi connectivity index (χ4v) is 1.97. The zero-order valence-electron chi connectivity index (χ0n) is 13.4. The molecular formula is C16H22O5S. The first-order valence-corrected chi connectivity index (χ1v) is 7.56. The number of hydrogen-bond acceptors (Lipinski definition) is 6. The van der Waals surface area contributed by atoms with E-state index in [1.807, 2.05) is 20.8 Å². The van der Waals surface area contributed by atoms with Crippen molar-refractivity contribution in [3.63, 3.8) is 0 Å². The van der Waals surface area contributed by atoms with Crippen molar-refractivity contribution in [2.45, 2.75) is 32.6 Å². The van der Waals surface area contributed by atoms with Gasteiger partial charge in [0.1, 0.15) is 0 Å². The molecule has 0 amide bonds. The number of esters is 1. The normalized spacial score (nSPS) is 10.0. The van der Waals surface area contributed by atoms with E-state index in [0.717, 1.165) is 0 Å². The van der Waals surface area contributed by atoms with E-state index in [4.69, 9.17) is 18.9 Å². The second-order valence-corrected chi connectivity index (χ2v) is 4.83. The van der Waals surface area contributed by atoms with E-state index in [9.17, 15) is 4.79 Å². The SMILES string of the molecule is C=C(C)C(=O)Oc1c(OCC)cc(S)c(OCC)c1OCC. The molecule has 5 nitrogen and oxygen atoms in total. The Labute approximate surface area is 136 Å². The van der Waals surface area contributed by atoms with E-state index < -0.39 is 5.97 Å². The third kappa shape index (κ3) is 4.34. The first-order valence-electron chi connectivity index (χ1n) is 7.12. The van der Waals surface area contributed by atoms with Crippen molar-refractivity contribution in [1.29, 1.82) is 0 Å². The van der Waals surface area contributed by atoms with E-state index in [1.54, 1.807) is 13.0 Å². The van der Waals surface area contributed by atoms with Gasteiger partial charge in [-0.1, -0.05) is 6.58 Å². The maximum Gasteiger partial charge on any atom is 0.338 e. The van der Waals surface area contributed by atoms with Gasteiger partial charge in [-0.3, -0.25) is 0 Å². The topological polar surface area (TPSA) is 54.0 Å². The molecule has 0 radical (unpaired) electrons. The molecule has 0 spiro atoms. The lowest BCUT2D eigenvalue weighted by molar-refractivity contribution is -0.130. The first kappa shape index (κ1) is 18.2. The van der Waals surface area contributed by atoms with Crippen LogP contribution in [0.15, 0.2) is 23.1 Å². The molecule has 22 heavy (non-hydrogen) atoms. The molecule has 1 rings (SSSR count). The Balaban J connectivity index is 3.46. The van der Waals surface area contributed by atoms with Gasteiger partial charge in [-0.15, -0.1) is 12.6 Å². The lowest BCUT2D eigenvalue weighted by atomic mass is 10.2. The minimum atomic E-state index is -0.559. The van der Waals surface area contributed by atoms with Crippen molar-refractivity contribution in [1.82, 2.24) is 0 Å². The fourth-order valence-electron chi connectivity index (χ4n) is 1.69. The zero-order chi connectivity index (χ0) is 16.7. The molecule has 0 N–H and O–H groups in total. The molecular weight excluding hydrogens is 304 g/mol. The molecule has 0 aromatic heterocycles. The lowest BCUT2D eigenvalue weighted by Crippen LogP contribution is -2.12. The smallest absolute Gasteiger partial charge is 0.338 e. The van der Waals surface area contributed by atoms with Crippen molar-refractivity contribution in [2.75, 3.05) is 19.8 Å². The van der Waals surface area contributed by atoms with Crippen LogP contribution in [-0.4, -0.2) is 25.8 Å². The van der Waals surface area contributed by atoms with Gasteiger partial charge in [-0.05, 0) is 27.7 Å². The van der Waals surface area contributed by atoms with Gasteiger partial charge in [0, 0.05) is 11.6 Å². The monoisotopic (exact) mass is 326 g/mol. The lowest BCUT2D eigenvalue weighted by Gasteiger charge is -2.19. The summed E-state index contributed by atoms with van der Waals surface area (Å²) >= 11 is 4.39. The van der Waals surface area contributed by atoms with Crippen LogP contribution in [0.25, 0.3) is 0 Å². The third-order valence-electron chi connectivity index (χ3n) is 2.56. The summed E-state index contributed by atoms with van der Waals surface area (Å²) in [5.74, 6) is 0.707. The predicted octanol–water partition coefficient (Wildman–Crippen LogP) is 3.65. The number of benzene rings is 1. The molecule has 0 aliphatic rings. The summed E-state index contributed by atoms with van der Waals surface area (Å²) in [6, 6.07) is 1.64. The van der Waals surface area contributed by atoms with E-state index in [0.29, 0.717) is 42.0 Å². The summed E-state index contributed by atoms with van der Waals surface area (Å²) in [4.78, 5) is 12.4. The van der Waals surface area contributed by atoms with Crippen LogP contribution in [0.4, 0.5) is 0 Å². The summed E-state index contributed by atoms with van der Waals surface area (Å²) in [6.07, 6.45) is 0. The third-order valence-corrected chi connectivity index (χ3v) is 2.89. The molecule has 0 unspecified atom stereocenters. The molecule has 0 fully saturated rings. The maximum absolute atomic E-state index is 11.9. The van der Waals surface area contributed by atoms with E-state index in [-0.39, 0.29) is 11.3 Å². The second kappa shape index (κ2) is 8.58. The van der Waals surface area contributed by atoms with Crippen LogP contribution in [0.2, 0.25) is 0 Å². The van der Waals surface area contributed by atoms with Gasteiger partial charge in [0.2, 0.25) is 11.5 Å². The van der Waals surface area contributed by atoms with Crippen LogP contribution in [0.5, 0.6) is 23.0 Å². The largest absolute Gasteiger partial charge is 0.490 e. The summed E-state index contributed by atoms with van der Waals surface area (Å²) in [6.45, 7) is 11.9. The van der Waals surface area contributed by atoms with Crippen molar-refractivity contribution < 1.29 is 23.7 Å². The molecule has 0 aliphatic carbocycles. The van der Waals surface area contributed by atoms with Crippen molar-refractivity contribution >= 4 is 18.6 Å². The number of hydrogen-bond donors (Lipinski definition) is 1. The quantitative estimate of drug-likeness (QED) is 0.342. The van der Waals surface area contributed by atoms with Crippen LogP contribution < -0.4 is 18.9 Å². The van der Waals surface area contributed by atoms with Crippen LogP contribution in [0.3, 0.4) is 0 Å². The van der Waals surface area contributed by atoms with Gasteiger partial charge < -0.3 is 18.9 Å². The average Bonchev–Trinajstić information content (AvgIpc) is 2.46. The van der Waals surface area contributed by atoms with Gasteiger partial charge in [-0.25, -0.2) is 4.79 Å². The van der Waals surface area contributed by atoms with Crippen LogP contribution in [-0.2, 0) is 4.79 Å². The van der Waals surface area contributed by atoms with E-state index in [2.05, 4.69) is 19.2 Å². The standard InChI is InChI=1S/C16H22O5S/c1-6-18-11-9-12(22)14(19-7-2)15(20-8-3)13(11)21-16(17)10(4)5/h9,22H,4,6-8H2,1-3,5H3. The Morgan fingerprint density at radius 1 is 1.05 bits per heavy atom. The molecule has 0 saturated heterocycles. The summed E-state index contributed by atoms with van der Waals surface area (Å²) in [5.41, 5.74) is 0.276. The van der Waals surface area contributed by atoms with Crippen molar-refractivity contribution in [3.8, 4) is 23.0 Å². The molecule has 122 valence electrons. The Morgan fingerprint density at radius 3 is 2.09 bits per heavy atom. The molecule has 0 saturated carbocycles. The van der Waals surface area contributed by atoms with E-state index in [1.165, 1.54) is 0 Å². The Bertz CT molecular complexity index is 554. The highest BCUT2D eigenvalue weighted by Crippen LogP contribution is 2.48. The highest BCUT2D eigenvalue weighted by atomic mass is 32.1. The minimum absolute atomic E-state index is 0.179. The van der Waals surface area contributed by atoms with Gasteiger partial charge in [0.05, 0.1) is 24.7 Å². The van der Waals surface area contributed by atoms with Gasteiger partial charge in [0.15, 0.2) is 11.5 Å². The summed E-state index contributed by atoms with van der Waals surface area (Å²) in [7, 11) is 0. The highest BCUT2D eigenvalue weighted by Gasteiger charge is 2.24. The number of ether oxygens (including phenoxy) is 4. The first-order chi connectivity index (χ1) is 10.5. The molecule has 1 aromatic rings. The Hall–Kier alpha value is -1.82. The summed E-state index contributed by atoms with van der Waals surface area (Å²) in [5, 5.41) is 0. The van der Waals surface area contributed by atoms with Gasteiger partial charge in [0.25, 0.3) is 0 Å². The molecule has 0 aliphatic heterocycles. The molecule has 0 heterocycles. The Kier molecular flexibility index (Phi) is 7.11. The fraction of sp³-hybridized carbons (Fsp3) is 0.438. The molecule has 0 atom stereocenters. The predicted molar refractivity (Wildman–Crippen MR) is 87.7 cm³/mol. The van der Waals surface area contributed by atoms with Gasteiger partial charge in [-0.2, -0.15) is 0 Å². The second-order valence-electron chi connectivity index (χ2n) is 4.35. The number of thiol groups is 1. The van der Waals surface area contributed by atoms with E-state index >= 15 is 0 Å². The number of carbonyl (C=O) groups is 1. The molecule has 1 aromatic carbocycles. The number of carbonyl (C=O) groups excluding carboxylic acids is 1. The average molecular weight is 326 g/mol. The Morgan fingerprint density at radius 2 is 1.59 bits per heavy atom. The zero-order valence-corrected chi connectivity index (χ0v) is 14.3. The van der Waals surface area contributed by atoms with Crippen LogP contribution in [0.1, 0.15) is 27.7 Å². The summed E-state index contributed by atoms with van der Waals surface area (Å²) < 4.78 is 22.1. The van der Waals surface area contributed by atoms with Crippen molar-refractivity contribution in [3.05, 3.63) is 18.2 Å². The van der Waals surface area contributed by atoms with Crippen LogP contribution >= 0.6 is 12.6 Å². The molecule has 6 heteroatoms. The minimum Gasteiger partial charge on any atom is -0.490 e. The van der Waals surface area contributed by atoms with Crippen molar-refractivity contribution in [2.24, 2.45) is 0 Å². The maximum atomic E-state index is 11.9. The van der Waals surface area contributed by atoms with Gasteiger partial charge >= 0.3 is 5.97 Å².